The van der Waals surface area contributed by atoms with Crippen molar-refractivity contribution < 1.29 is 9.59 Å². The van der Waals surface area contributed by atoms with Gasteiger partial charge in [-0.05, 0) is 49.9 Å². The first-order valence-electron chi connectivity index (χ1n) is 7.53. The standard InChI is InChI=1S/C16H23N3O2/c1-2-18-15(20)9-12-5-7-14(8-6-12)19-16(21)11-17-10-13-3-4-13/h5-8,13,17H,2-4,9-11H2,1H3,(H,18,20)(H,19,21). The van der Waals surface area contributed by atoms with E-state index in [2.05, 4.69) is 16.0 Å². The Hall–Kier alpha value is -1.88. The molecule has 0 aromatic heterocycles. The van der Waals surface area contributed by atoms with Crippen molar-refractivity contribution in [1.29, 1.82) is 0 Å². The van der Waals surface area contributed by atoms with Gasteiger partial charge < -0.3 is 16.0 Å². The molecule has 1 saturated carbocycles. The summed E-state index contributed by atoms with van der Waals surface area (Å²) in [7, 11) is 0. The highest BCUT2D eigenvalue weighted by Gasteiger charge is 2.20. The normalized spacial score (nSPS) is 13.8. The largest absolute Gasteiger partial charge is 0.356 e. The van der Waals surface area contributed by atoms with Crippen LogP contribution in [0, 0.1) is 5.92 Å². The molecule has 1 fully saturated rings. The Balaban J connectivity index is 1.72. The lowest BCUT2D eigenvalue weighted by molar-refractivity contribution is -0.120. The molecule has 114 valence electrons. The van der Waals surface area contributed by atoms with Gasteiger partial charge in [-0.2, -0.15) is 0 Å². The summed E-state index contributed by atoms with van der Waals surface area (Å²) in [6, 6.07) is 7.38. The van der Waals surface area contributed by atoms with Crippen LogP contribution in [-0.2, 0) is 16.0 Å². The first-order valence-corrected chi connectivity index (χ1v) is 7.53. The van der Waals surface area contributed by atoms with Gasteiger partial charge in [-0.15, -0.1) is 0 Å². The number of benzene rings is 1. The predicted molar refractivity (Wildman–Crippen MR) is 83.1 cm³/mol. The van der Waals surface area contributed by atoms with Crippen LogP contribution in [0.25, 0.3) is 0 Å². The first-order chi connectivity index (χ1) is 10.2. The molecule has 1 aromatic carbocycles. The fraction of sp³-hybridized carbons (Fsp3) is 0.500. The lowest BCUT2D eigenvalue weighted by Gasteiger charge is -2.07. The van der Waals surface area contributed by atoms with Gasteiger partial charge in [0.05, 0.1) is 13.0 Å². The number of amides is 2. The fourth-order valence-electron chi connectivity index (χ4n) is 2.07. The van der Waals surface area contributed by atoms with Crippen LogP contribution in [0.3, 0.4) is 0 Å². The van der Waals surface area contributed by atoms with Crippen molar-refractivity contribution in [3.05, 3.63) is 29.8 Å². The van der Waals surface area contributed by atoms with Crippen molar-refractivity contribution in [1.82, 2.24) is 10.6 Å². The van der Waals surface area contributed by atoms with Crippen LogP contribution >= 0.6 is 0 Å². The Morgan fingerprint density at radius 1 is 1.14 bits per heavy atom. The second kappa shape index (κ2) is 7.78. The number of hydrogen-bond acceptors (Lipinski definition) is 3. The van der Waals surface area contributed by atoms with Crippen LogP contribution in [-0.4, -0.2) is 31.4 Å². The first kappa shape index (κ1) is 15.5. The monoisotopic (exact) mass is 289 g/mol. The van der Waals surface area contributed by atoms with E-state index in [0.717, 1.165) is 23.7 Å². The van der Waals surface area contributed by atoms with E-state index in [9.17, 15) is 9.59 Å². The zero-order valence-corrected chi connectivity index (χ0v) is 12.4. The smallest absolute Gasteiger partial charge is 0.238 e. The number of likely N-dealkylation sites (N-methyl/N-ethyl adjacent to an activating group) is 1. The van der Waals surface area contributed by atoms with Crippen molar-refractivity contribution in [3.63, 3.8) is 0 Å². The van der Waals surface area contributed by atoms with E-state index in [0.29, 0.717) is 19.5 Å². The molecule has 0 atom stereocenters. The molecule has 0 heterocycles. The van der Waals surface area contributed by atoms with Gasteiger partial charge in [0.2, 0.25) is 11.8 Å². The number of carbonyl (C=O) groups is 2. The second-order valence-corrected chi connectivity index (χ2v) is 5.45. The molecule has 5 nitrogen and oxygen atoms in total. The van der Waals surface area contributed by atoms with E-state index in [1.54, 1.807) is 0 Å². The number of carbonyl (C=O) groups excluding carboxylic acids is 2. The molecular formula is C16H23N3O2. The van der Waals surface area contributed by atoms with Gasteiger partial charge in [-0.3, -0.25) is 9.59 Å². The molecule has 3 N–H and O–H groups in total. The summed E-state index contributed by atoms with van der Waals surface area (Å²) in [5.74, 6) is 0.747. The number of hydrogen-bond donors (Lipinski definition) is 3. The Morgan fingerprint density at radius 3 is 2.48 bits per heavy atom. The van der Waals surface area contributed by atoms with Crippen LogP contribution in [0.15, 0.2) is 24.3 Å². The topological polar surface area (TPSA) is 70.2 Å². The van der Waals surface area contributed by atoms with Crippen molar-refractivity contribution >= 4 is 17.5 Å². The van der Waals surface area contributed by atoms with Crippen molar-refractivity contribution in [2.75, 3.05) is 25.0 Å². The second-order valence-electron chi connectivity index (χ2n) is 5.45. The van der Waals surface area contributed by atoms with E-state index < -0.39 is 0 Å². The van der Waals surface area contributed by atoms with Crippen LogP contribution < -0.4 is 16.0 Å². The van der Waals surface area contributed by atoms with Gasteiger partial charge in [-0.25, -0.2) is 0 Å². The molecule has 1 aliphatic rings. The third-order valence-electron chi connectivity index (χ3n) is 3.39. The fourth-order valence-corrected chi connectivity index (χ4v) is 2.07. The maximum Gasteiger partial charge on any atom is 0.238 e. The predicted octanol–water partition coefficient (Wildman–Crippen LogP) is 1.30. The molecule has 5 heteroatoms. The summed E-state index contributed by atoms with van der Waals surface area (Å²) in [6.07, 6.45) is 2.92. The van der Waals surface area contributed by atoms with Crippen LogP contribution in [0.5, 0.6) is 0 Å². The van der Waals surface area contributed by atoms with E-state index in [4.69, 9.17) is 0 Å². The van der Waals surface area contributed by atoms with E-state index in [-0.39, 0.29) is 11.8 Å². The minimum atomic E-state index is -0.0351. The molecule has 0 radical (unpaired) electrons. The van der Waals surface area contributed by atoms with E-state index >= 15 is 0 Å². The molecule has 0 spiro atoms. The molecule has 0 bridgehead atoms. The van der Waals surface area contributed by atoms with Gasteiger partial charge in [0.25, 0.3) is 0 Å². The summed E-state index contributed by atoms with van der Waals surface area (Å²) in [5, 5.41) is 8.75. The molecule has 2 rings (SSSR count). The number of nitrogens with one attached hydrogen (secondary N) is 3. The highest BCUT2D eigenvalue weighted by molar-refractivity contribution is 5.92. The Labute approximate surface area is 125 Å². The quantitative estimate of drug-likeness (QED) is 0.675. The summed E-state index contributed by atoms with van der Waals surface area (Å²) in [6.45, 7) is 3.81. The third-order valence-corrected chi connectivity index (χ3v) is 3.39. The number of anilines is 1. The Bertz CT molecular complexity index is 481. The minimum Gasteiger partial charge on any atom is -0.356 e. The average molecular weight is 289 g/mol. The van der Waals surface area contributed by atoms with Gasteiger partial charge in [0.1, 0.15) is 0 Å². The summed E-state index contributed by atoms with van der Waals surface area (Å²) >= 11 is 0. The summed E-state index contributed by atoms with van der Waals surface area (Å²) < 4.78 is 0. The van der Waals surface area contributed by atoms with E-state index in [1.165, 1.54) is 12.8 Å². The van der Waals surface area contributed by atoms with Crippen LogP contribution in [0.2, 0.25) is 0 Å². The lowest BCUT2D eigenvalue weighted by atomic mass is 10.1. The Kier molecular flexibility index (Phi) is 5.75. The molecule has 0 unspecified atom stereocenters. The maximum absolute atomic E-state index is 11.7. The molecule has 0 aliphatic heterocycles. The van der Waals surface area contributed by atoms with E-state index in [1.807, 2.05) is 31.2 Å². The summed E-state index contributed by atoms with van der Waals surface area (Å²) in [5.41, 5.74) is 1.69. The number of rotatable bonds is 8. The van der Waals surface area contributed by atoms with Crippen LogP contribution in [0.1, 0.15) is 25.3 Å². The molecule has 21 heavy (non-hydrogen) atoms. The molecular weight excluding hydrogens is 266 g/mol. The Morgan fingerprint density at radius 2 is 1.86 bits per heavy atom. The zero-order valence-electron chi connectivity index (χ0n) is 12.4. The maximum atomic E-state index is 11.7. The van der Waals surface area contributed by atoms with Crippen molar-refractivity contribution in [3.8, 4) is 0 Å². The lowest BCUT2D eigenvalue weighted by Crippen LogP contribution is -2.29. The van der Waals surface area contributed by atoms with Crippen LogP contribution in [0.4, 0.5) is 5.69 Å². The molecule has 0 saturated heterocycles. The summed E-state index contributed by atoms with van der Waals surface area (Å²) in [4.78, 5) is 23.2. The van der Waals surface area contributed by atoms with Crippen molar-refractivity contribution in [2.24, 2.45) is 5.92 Å². The van der Waals surface area contributed by atoms with Gasteiger partial charge >= 0.3 is 0 Å². The average Bonchev–Trinajstić information content (AvgIpc) is 3.25. The zero-order chi connectivity index (χ0) is 15.1. The highest BCUT2D eigenvalue weighted by Crippen LogP contribution is 2.27. The molecule has 2 amide bonds. The molecule has 1 aromatic rings. The van der Waals surface area contributed by atoms with Gasteiger partial charge in [0.15, 0.2) is 0 Å². The molecule has 1 aliphatic carbocycles. The minimum absolute atomic E-state index is 0.0126. The third kappa shape index (κ3) is 5.95. The van der Waals surface area contributed by atoms with Crippen molar-refractivity contribution in [2.45, 2.75) is 26.2 Å². The SMILES string of the molecule is CCNC(=O)Cc1ccc(NC(=O)CNCC2CC2)cc1. The highest BCUT2D eigenvalue weighted by atomic mass is 16.2. The van der Waals surface area contributed by atoms with Gasteiger partial charge in [0, 0.05) is 12.2 Å². The van der Waals surface area contributed by atoms with Gasteiger partial charge in [-0.1, -0.05) is 12.1 Å².